The first-order valence-corrected chi connectivity index (χ1v) is 7.81. The lowest BCUT2D eigenvalue weighted by Gasteiger charge is -2.10. The van der Waals surface area contributed by atoms with Crippen LogP contribution < -0.4 is 10.6 Å². The van der Waals surface area contributed by atoms with Gasteiger partial charge in [-0.1, -0.05) is 12.1 Å². The van der Waals surface area contributed by atoms with E-state index < -0.39 is 0 Å². The van der Waals surface area contributed by atoms with Gasteiger partial charge in [0.2, 0.25) is 5.91 Å². The maximum Gasteiger partial charge on any atom is 0.224 e. The third-order valence-electron chi connectivity index (χ3n) is 4.17. The molecule has 24 heavy (non-hydrogen) atoms. The number of rotatable bonds is 5. The van der Waals surface area contributed by atoms with Crippen molar-refractivity contribution in [2.24, 2.45) is 13.0 Å². The third kappa shape index (κ3) is 5.23. The maximum atomic E-state index is 12.1. The Morgan fingerprint density at radius 2 is 2.25 bits per heavy atom. The highest BCUT2D eigenvalue weighted by molar-refractivity contribution is 5.91. The van der Waals surface area contributed by atoms with Gasteiger partial charge in [0, 0.05) is 37.1 Å². The Morgan fingerprint density at radius 1 is 1.42 bits per heavy atom. The summed E-state index contributed by atoms with van der Waals surface area (Å²) in [7, 11) is 1.96. The number of carbonyl (C=O) groups is 1. The second-order valence-corrected chi connectivity index (χ2v) is 5.89. The van der Waals surface area contributed by atoms with Crippen molar-refractivity contribution in [3.8, 4) is 11.4 Å². The summed E-state index contributed by atoms with van der Waals surface area (Å²) in [6.07, 6.45) is 6.41. The van der Waals surface area contributed by atoms with Crippen LogP contribution >= 0.6 is 24.8 Å². The average molecular weight is 371 g/mol. The first-order valence-electron chi connectivity index (χ1n) is 7.81. The molecule has 1 aromatic heterocycles. The van der Waals surface area contributed by atoms with Crippen molar-refractivity contribution >= 4 is 36.4 Å². The summed E-state index contributed by atoms with van der Waals surface area (Å²) < 4.78 is 1.97. The van der Waals surface area contributed by atoms with Gasteiger partial charge >= 0.3 is 0 Å². The molecule has 1 aromatic carbocycles. The molecule has 0 bridgehead atoms. The van der Waals surface area contributed by atoms with Crippen LogP contribution in [0.1, 0.15) is 19.3 Å². The van der Waals surface area contributed by atoms with Gasteiger partial charge in [-0.05, 0) is 44.0 Å². The van der Waals surface area contributed by atoms with Crippen LogP contribution in [0.4, 0.5) is 5.69 Å². The predicted molar refractivity (Wildman–Crippen MR) is 102 cm³/mol. The number of amides is 1. The smallest absolute Gasteiger partial charge is 0.224 e. The summed E-state index contributed by atoms with van der Waals surface area (Å²) in [5, 5.41) is 6.32. The SMILES string of the molecule is Cl.Cl.Cn1ccnc1-c1cccc(NC(=O)CCC2CCNC2)c1. The van der Waals surface area contributed by atoms with Gasteiger partial charge in [0.25, 0.3) is 0 Å². The highest BCUT2D eigenvalue weighted by Gasteiger charge is 2.15. The number of hydrogen-bond acceptors (Lipinski definition) is 3. The van der Waals surface area contributed by atoms with Gasteiger partial charge in [0.15, 0.2) is 0 Å². The Hall–Kier alpha value is -1.56. The lowest BCUT2D eigenvalue weighted by Crippen LogP contribution is -2.15. The van der Waals surface area contributed by atoms with E-state index >= 15 is 0 Å². The summed E-state index contributed by atoms with van der Waals surface area (Å²) >= 11 is 0. The van der Waals surface area contributed by atoms with Gasteiger partial charge in [0.1, 0.15) is 5.82 Å². The molecular weight excluding hydrogens is 347 g/mol. The van der Waals surface area contributed by atoms with Crippen molar-refractivity contribution in [2.75, 3.05) is 18.4 Å². The van der Waals surface area contributed by atoms with Crippen molar-refractivity contribution in [1.82, 2.24) is 14.9 Å². The molecular formula is C17H24Cl2N4O. The van der Waals surface area contributed by atoms with E-state index in [0.29, 0.717) is 12.3 Å². The molecule has 2 N–H and O–H groups in total. The van der Waals surface area contributed by atoms with E-state index in [1.165, 1.54) is 6.42 Å². The number of anilines is 1. The molecule has 1 atom stereocenters. The molecule has 0 aliphatic carbocycles. The topological polar surface area (TPSA) is 59.0 Å². The average Bonchev–Trinajstić information content (AvgIpc) is 3.16. The van der Waals surface area contributed by atoms with E-state index in [1.807, 2.05) is 42.1 Å². The number of aryl methyl sites for hydroxylation is 1. The van der Waals surface area contributed by atoms with Crippen molar-refractivity contribution < 1.29 is 4.79 Å². The molecule has 1 amide bonds. The van der Waals surface area contributed by atoms with E-state index in [4.69, 9.17) is 0 Å². The number of aromatic nitrogens is 2. The molecule has 132 valence electrons. The molecule has 3 rings (SSSR count). The number of nitrogens with zero attached hydrogens (tertiary/aromatic N) is 2. The Balaban J connectivity index is 0.00000144. The van der Waals surface area contributed by atoms with Crippen molar-refractivity contribution in [3.05, 3.63) is 36.7 Å². The number of carbonyl (C=O) groups excluding carboxylic acids is 1. The normalized spacial score (nSPS) is 16.1. The molecule has 5 nitrogen and oxygen atoms in total. The number of benzene rings is 1. The largest absolute Gasteiger partial charge is 0.334 e. The first kappa shape index (κ1) is 20.5. The highest BCUT2D eigenvalue weighted by atomic mass is 35.5. The van der Waals surface area contributed by atoms with E-state index in [0.717, 1.165) is 36.6 Å². The van der Waals surface area contributed by atoms with Gasteiger partial charge in [-0.2, -0.15) is 0 Å². The fourth-order valence-electron chi connectivity index (χ4n) is 2.90. The van der Waals surface area contributed by atoms with E-state index in [-0.39, 0.29) is 30.7 Å². The second kappa shape index (κ2) is 9.67. The van der Waals surface area contributed by atoms with Crippen molar-refractivity contribution in [2.45, 2.75) is 19.3 Å². The van der Waals surface area contributed by atoms with Crippen molar-refractivity contribution in [3.63, 3.8) is 0 Å². The zero-order valence-electron chi connectivity index (χ0n) is 13.7. The Morgan fingerprint density at radius 3 is 2.92 bits per heavy atom. The quantitative estimate of drug-likeness (QED) is 0.848. The minimum Gasteiger partial charge on any atom is -0.334 e. The fourth-order valence-corrected chi connectivity index (χ4v) is 2.90. The Kier molecular flexibility index (Phi) is 8.25. The van der Waals surface area contributed by atoms with Gasteiger partial charge in [-0.15, -0.1) is 24.8 Å². The van der Waals surface area contributed by atoms with Crippen LogP contribution in [0.15, 0.2) is 36.7 Å². The zero-order chi connectivity index (χ0) is 15.4. The lowest BCUT2D eigenvalue weighted by atomic mass is 10.0. The van der Waals surface area contributed by atoms with Crippen LogP contribution in [0.5, 0.6) is 0 Å². The minimum atomic E-state index is 0. The molecule has 0 radical (unpaired) electrons. The van der Waals surface area contributed by atoms with Crippen LogP contribution in [0, 0.1) is 5.92 Å². The van der Waals surface area contributed by atoms with Crippen LogP contribution in [-0.2, 0) is 11.8 Å². The molecule has 0 spiro atoms. The van der Waals surface area contributed by atoms with Crippen molar-refractivity contribution in [1.29, 1.82) is 0 Å². The summed E-state index contributed by atoms with van der Waals surface area (Å²) in [5.74, 6) is 1.63. The molecule has 1 aliphatic rings. The van der Waals surface area contributed by atoms with Gasteiger partial charge in [0.05, 0.1) is 0 Å². The molecule has 2 heterocycles. The summed E-state index contributed by atoms with van der Waals surface area (Å²) in [6, 6.07) is 7.83. The molecule has 7 heteroatoms. The number of hydrogen-bond donors (Lipinski definition) is 2. The fraction of sp³-hybridized carbons (Fsp3) is 0.412. The molecule has 1 unspecified atom stereocenters. The molecule has 1 aliphatic heterocycles. The lowest BCUT2D eigenvalue weighted by molar-refractivity contribution is -0.116. The summed E-state index contributed by atoms with van der Waals surface area (Å²) in [6.45, 7) is 2.12. The molecule has 1 fully saturated rings. The second-order valence-electron chi connectivity index (χ2n) is 5.89. The summed E-state index contributed by atoms with van der Waals surface area (Å²) in [5.41, 5.74) is 1.83. The van der Waals surface area contributed by atoms with Crippen LogP contribution in [0.2, 0.25) is 0 Å². The van der Waals surface area contributed by atoms with E-state index in [1.54, 1.807) is 6.20 Å². The maximum absolute atomic E-state index is 12.1. The van der Waals surface area contributed by atoms with Crippen LogP contribution in [0.25, 0.3) is 11.4 Å². The molecule has 0 saturated carbocycles. The third-order valence-corrected chi connectivity index (χ3v) is 4.17. The molecule has 2 aromatic rings. The standard InChI is InChI=1S/C17H22N4O.2ClH/c1-21-10-9-19-17(21)14-3-2-4-15(11-14)20-16(22)6-5-13-7-8-18-12-13;;/h2-4,9-11,13,18H,5-8,12H2,1H3,(H,20,22);2*1H. The first-order chi connectivity index (χ1) is 10.7. The van der Waals surface area contributed by atoms with Gasteiger partial charge in [-0.3, -0.25) is 4.79 Å². The number of imidazole rings is 1. The number of halogens is 2. The van der Waals surface area contributed by atoms with E-state index in [9.17, 15) is 4.79 Å². The van der Waals surface area contributed by atoms with Crippen LogP contribution in [-0.4, -0.2) is 28.5 Å². The predicted octanol–water partition coefficient (Wildman–Crippen LogP) is 3.26. The monoisotopic (exact) mass is 370 g/mol. The Labute approximate surface area is 155 Å². The highest BCUT2D eigenvalue weighted by Crippen LogP contribution is 2.21. The van der Waals surface area contributed by atoms with Gasteiger partial charge < -0.3 is 15.2 Å². The van der Waals surface area contributed by atoms with Crippen LogP contribution in [0.3, 0.4) is 0 Å². The minimum absolute atomic E-state index is 0. The van der Waals surface area contributed by atoms with E-state index in [2.05, 4.69) is 15.6 Å². The van der Waals surface area contributed by atoms with Gasteiger partial charge in [-0.25, -0.2) is 4.98 Å². The summed E-state index contributed by atoms with van der Waals surface area (Å²) in [4.78, 5) is 16.4. The Bertz CT molecular complexity index is 654. The number of nitrogens with one attached hydrogen (secondary N) is 2. The zero-order valence-corrected chi connectivity index (χ0v) is 15.3. The molecule has 1 saturated heterocycles.